The molecule has 0 fully saturated rings. The van der Waals surface area contributed by atoms with Crippen LogP contribution in [0.15, 0.2) is 74.8 Å². The molecule has 0 bridgehead atoms. The Hall–Kier alpha value is -0.880. The molecule has 104 valence electrons. The molecule has 0 aliphatic carbocycles. The molecule has 0 amide bonds. The van der Waals surface area contributed by atoms with Crippen LogP contribution in [0.4, 0.5) is 0 Å². The number of rotatable bonds is 5. The number of benzene rings is 2. The van der Waals surface area contributed by atoms with Gasteiger partial charge in [0.1, 0.15) is 0 Å². The molecule has 1 nitrogen and oxygen atoms in total. The number of hydrogen-bond acceptors (Lipinski definition) is 1. The van der Waals surface area contributed by atoms with Crippen LogP contribution in [-0.4, -0.2) is 30.9 Å². The molecule has 0 aliphatic rings. The van der Waals surface area contributed by atoms with Crippen LogP contribution in [0.5, 0.6) is 0 Å². The Morgan fingerprint density at radius 1 is 0.950 bits per heavy atom. The van der Waals surface area contributed by atoms with Gasteiger partial charge in [0.05, 0.1) is 0 Å². The summed E-state index contributed by atoms with van der Waals surface area (Å²) in [6.45, 7) is 4.26. The molecule has 2 aromatic rings. The summed E-state index contributed by atoms with van der Waals surface area (Å²) in [7, 11) is -0.933. The zero-order chi connectivity index (χ0) is 14.4. The van der Waals surface area contributed by atoms with Crippen LogP contribution in [-0.2, 0) is 10.8 Å². The molecule has 0 spiro atoms. The van der Waals surface area contributed by atoms with Gasteiger partial charge in [0.2, 0.25) is 0 Å². The van der Waals surface area contributed by atoms with Crippen molar-refractivity contribution in [1.82, 2.24) is 0 Å². The first-order valence-electron chi connectivity index (χ1n) is 6.49. The summed E-state index contributed by atoms with van der Waals surface area (Å²) in [5, 5.41) is 0. The molecule has 0 aromatic heterocycles. The van der Waals surface area contributed by atoms with Gasteiger partial charge in [-0.1, -0.05) is 0 Å². The first kappa shape index (κ1) is 15.5. The molecule has 0 aliphatic heterocycles. The van der Waals surface area contributed by atoms with Gasteiger partial charge >= 0.3 is 134 Å². The van der Waals surface area contributed by atoms with Crippen LogP contribution in [0, 0.1) is 0 Å². The van der Waals surface area contributed by atoms with Gasteiger partial charge in [-0.05, 0) is 0 Å². The molecule has 0 saturated heterocycles. The Morgan fingerprint density at radius 2 is 1.50 bits per heavy atom. The van der Waals surface area contributed by atoms with Crippen LogP contribution >= 0.6 is 0 Å². The third-order valence-corrected chi connectivity index (χ3v) is 8.46. The van der Waals surface area contributed by atoms with Gasteiger partial charge in [0.15, 0.2) is 0 Å². The Morgan fingerprint density at radius 3 is 2.05 bits per heavy atom. The summed E-state index contributed by atoms with van der Waals surface area (Å²) < 4.78 is 15.2. The zero-order valence-electron chi connectivity index (χ0n) is 11.7. The van der Waals surface area contributed by atoms with Crippen molar-refractivity contribution >= 4 is 35.3 Å². The summed E-state index contributed by atoms with van der Waals surface area (Å²) in [6, 6.07) is 20.3. The normalized spacial score (nSPS) is 11.9. The second kappa shape index (κ2) is 7.78. The fourth-order valence-corrected chi connectivity index (χ4v) is 6.55. The Bertz CT molecular complexity index is 601. The van der Waals surface area contributed by atoms with Crippen LogP contribution in [0.3, 0.4) is 0 Å². The zero-order valence-corrected chi connectivity index (χ0v) is 14.9. The van der Waals surface area contributed by atoms with E-state index in [1.54, 1.807) is 0 Å². The Labute approximate surface area is 133 Å². The molecular formula is C17H18OSTe. The summed E-state index contributed by atoms with van der Waals surface area (Å²) in [5.74, 6) is 0.670. The predicted octanol–water partition coefficient (Wildman–Crippen LogP) is 3.12. The van der Waals surface area contributed by atoms with E-state index >= 15 is 0 Å². The van der Waals surface area contributed by atoms with Crippen molar-refractivity contribution in [2.24, 2.45) is 0 Å². The summed E-state index contributed by atoms with van der Waals surface area (Å²) in [5.41, 5.74) is 1.32. The van der Waals surface area contributed by atoms with Crippen LogP contribution < -0.4 is 3.61 Å². The molecule has 1 unspecified atom stereocenters. The maximum atomic E-state index is 12.4. The topological polar surface area (TPSA) is 17.1 Å². The first-order chi connectivity index (χ1) is 9.66. The minimum absolute atomic E-state index is 0.418. The molecule has 2 aromatic carbocycles. The van der Waals surface area contributed by atoms with Gasteiger partial charge in [0, 0.05) is 0 Å². The van der Waals surface area contributed by atoms with Crippen molar-refractivity contribution in [3.05, 3.63) is 69.9 Å². The molecule has 0 heterocycles. The molecule has 0 saturated carbocycles. The van der Waals surface area contributed by atoms with E-state index in [2.05, 4.69) is 38.1 Å². The van der Waals surface area contributed by atoms with E-state index in [0.29, 0.717) is 5.75 Å². The van der Waals surface area contributed by atoms with Gasteiger partial charge in [-0.25, -0.2) is 0 Å². The fraction of sp³-hybridized carbons (Fsp3) is 0.176. The van der Waals surface area contributed by atoms with E-state index < -0.39 is 31.7 Å². The van der Waals surface area contributed by atoms with E-state index in [1.807, 2.05) is 36.4 Å². The van der Waals surface area contributed by atoms with Crippen molar-refractivity contribution in [2.75, 3.05) is 5.75 Å². The minimum atomic E-state index is -0.933. The van der Waals surface area contributed by atoms with Gasteiger partial charge in [-0.15, -0.1) is 0 Å². The van der Waals surface area contributed by atoms with E-state index in [1.165, 1.54) is 12.8 Å². The third-order valence-electron chi connectivity index (χ3n) is 2.81. The quantitative estimate of drug-likeness (QED) is 0.708. The fourth-order valence-electron chi connectivity index (χ4n) is 1.68. The Kier molecular flexibility index (Phi) is 6.04. The number of hydrogen-bond donors (Lipinski definition) is 0. The molecule has 20 heavy (non-hydrogen) atoms. The number of allylic oxidation sites excluding steroid dienone is 1. The second-order valence-electron chi connectivity index (χ2n) is 4.64. The van der Waals surface area contributed by atoms with E-state index in [0.717, 1.165) is 4.90 Å². The van der Waals surface area contributed by atoms with Gasteiger partial charge in [-0.3, -0.25) is 0 Å². The third kappa shape index (κ3) is 4.59. The van der Waals surface area contributed by atoms with Crippen LogP contribution in [0.2, 0.25) is 0 Å². The van der Waals surface area contributed by atoms with Crippen LogP contribution in [0.25, 0.3) is 0 Å². The molecule has 0 radical (unpaired) electrons. The monoisotopic (exact) mass is 400 g/mol. The standard InChI is InChI=1S/C17H18OSTe/c1-14(2)17(20-16-11-7-4-8-12-16)13-19(18)15-9-5-3-6-10-15/h3-12H,13H2,1-2H3. The molecular weight excluding hydrogens is 380 g/mol. The van der Waals surface area contributed by atoms with E-state index in [9.17, 15) is 4.21 Å². The second-order valence-corrected chi connectivity index (χ2v) is 9.43. The molecule has 2 rings (SSSR count). The first-order valence-corrected chi connectivity index (χ1v) is 10.1. The van der Waals surface area contributed by atoms with Crippen molar-refractivity contribution in [2.45, 2.75) is 18.7 Å². The molecule has 3 heteroatoms. The van der Waals surface area contributed by atoms with E-state index in [4.69, 9.17) is 0 Å². The predicted molar refractivity (Wildman–Crippen MR) is 87.9 cm³/mol. The average Bonchev–Trinajstić information content (AvgIpc) is 2.48. The SMILES string of the molecule is CC(C)=C(CS(=O)c1ccccc1)[Te]c1ccccc1. The summed E-state index contributed by atoms with van der Waals surface area (Å²) >= 11 is -0.418. The van der Waals surface area contributed by atoms with Crippen molar-refractivity contribution < 1.29 is 4.21 Å². The summed E-state index contributed by atoms with van der Waals surface area (Å²) in [4.78, 5) is 0.923. The van der Waals surface area contributed by atoms with E-state index in [-0.39, 0.29) is 0 Å². The van der Waals surface area contributed by atoms with Crippen LogP contribution in [0.1, 0.15) is 13.8 Å². The van der Waals surface area contributed by atoms with Crippen molar-refractivity contribution in [1.29, 1.82) is 0 Å². The van der Waals surface area contributed by atoms with Gasteiger partial charge < -0.3 is 0 Å². The Balaban J connectivity index is 2.12. The summed E-state index contributed by atoms with van der Waals surface area (Å²) in [6.07, 6.45) is 0. The van der Waals surface area contributed by atoms with Gasteiger partial charge in [-0.2, -0.15) is 0 Å². The van der Waals surface area contributed by atoms with Crippen molar-refractivity contribution in [3.8, 4) is 0 Å². The molecule has 0 N–H and O–H groups in total. The average molecular weight is 398 g/mol. The maximum absolute atomic E-state index is 12.4. The molecule has 1 atom stereocenters. The van der Waals surface area contributed by atoms with Gasteiger partial charge in [0.25, 0.3) is 0 Å². The van der Waals surface area contributed by atoms with Crippen molar-refractivity contribution in [3.63, 3.8) is 0 Å².